The summed E-state index contributed by atoms with van der Waals surface area (Å²) in [5.41, 5.74) is 3.82. The van der Waals surface area contributed by atoms with Crippen molar-refractivity contribution >= 4 is 54.9 Å². The fraction of sp³-hybridized carbons (Fsp3) is 0.130. The van der Waals surface area contributed by atoms with Crippen molar-refractivity contribution in [2.45, 2.75) is 13.3 Å². The summed E-state index contributed by atoms with van der Waals surface area (Å²) >= 11 is 6.95. The molecule has 0 saturated heterocycles. The zero-order valence-electron chi connectivity index (χ0n) is 16.1. The van der Waals surface area contributed by atoms with Gasteiger partial charge in [-0.15, -0.1) is 0 Å². The summed E-state index contributed by atoms with van der Waals surface area (Å²) in [4.78, 5) is 9.10. The highest BCUT2D eigenvalue weighted by Gasteiger charge is 2.15. The maximum absolute atomic E-state index is 10.5. The maximum Gasteiger partial charge on any atom is 0.199 e. The van der Waals surface area contributed by atoms with Gasteiger partial charge in [0.2, 0.25) is 0 Å². The molecule has 0 saturated carbocycles. The van der Waals surface area contributed by atoms with E-state index >= 15 is 0 Å². The van der Waals surface area contributed by atoms with Crippen LogP contribution in [0.15, 0.2) is 73.0 Å². The smallest absolute Gasteiger partial charge is 0.199 e. The number of fused-ring (bicyclic) bond motifs is 1. The molecule has 7 heteroatoms. The molecule has 0 spiro atoms. The first-order valence-electron chi connectivity index (χ1n) is 9.36. The molecule has 0 aliphatic carbocycles. The molecule has 1 aromatic heterocycles. The number of oxazole rings is 1. The van der Waals surface area contributed by atoms with Crippen LogP contribution < -0.4 is 4.74 Å². The number of aromatic nitrogens is 1. The molecule has 0 atom stereocenters. The SMILES string of the molecule is CCOc1cc(Br)c(Br)c(C=Nc2ccc3oc(Cc4ccccc4)nc3c2)c1O. The van der Waals surface area contributed by atoms with Crippen LogP contribution in [0.5, 0.6) is 11.5 Å². The Bertz CT molecular complexity index is 1220. The lowest BCUT2D eigenvalue weighted by Crippen LogP contribution is -1.95. The molecular formula is C23H18Br2N2O3. The number of hydrogen-bond donors (Lipinski definition) is 1. The number of hydrogen-bond acceptors (Lipinski definition) is 5. The Hall–Kier alpha value is -2.64. The molecule has 3 aromatic carbocycles. The van der Waals surface area contributed by atoms with Crippen LogP contribution in [0.2, 0.25) is 0 Å². The quantitative estimate of drug-likeness (QED) is 0.279. The zero-order valence-corrected chi connectivity index (χ0v) is 19.3. The van der Waals surface area contributed by atoms with E-state index < -0.39 is 0 Å². The Morgan fingerprint density at radius 3 is 2.70 bits per heavy atom. The number of nitrogens with zero attached hydrogens (tertiary/aromatic N) is 2. The Kier molecular flexibility index (Phi) is 6.20. The van der Waals surface area contributed by atoms with Crippen LogP contribution in [0, 0.1) is 0 Å². The molecule has 0 unspecified atom stereocenters. The van der Waals surface area contributed by atoms with Crippen molar-refractivity contribution < 1.29 is 14.3 Å². The van der Waals surface area contributed by atoms with Gasteiger partial charge in [0.1, 0.15) is 5.52 Å². The molecule has 4 rings (SSSR count). The minimum absolute atomic E-state index is 0.0309. The first kappa shape index (κ1) is 20.6. The Balaban J connectivity index is 1.62. The summed E-state index contributed by atoms with van der Waals surface area (Å²) in [7, 11) is 0. The van der Waals surface area contributed by atoms with Crippen molar-refractivity contribution in [3.8, 4) is 11.5 Å². The van der Waals surface area contributed by atoms with Gasteiger partial charge >= 0.3 is 0 Å². The van der Waals surface area contributed by atoms with Gasteiger partial charge in [-0.1, -0.05) is 30.3 Å². The summed E-state index contributed by atoms with van der Waals surface area (Å²) in [6, 6.07) is 17.3. The Labute approximate surface area is 190 Å². The van der Waals surface area contributed by atoms with E-state index in [-0.39, 0.29) is 5.75 Å². The fourth-order valence-corrected chi connectivity index (χ4v) is 3.85. The monoisotopic (exact) mass is 528 g/mol. The standard InChI is InChI=1S/C23H18Br2N2O3/c1-2-29-20-12-17(24)22(25)16(23(20)28)13-26-15-8-9-19-18(11-15)27-21(30-19)10-14-6-4-3-5-7-14/h3-9,11-13,28H,2,10H2,1H3. The first-order valence-corrected chi connectivity index (χ1v) is 10.9. The largest absolute Gasteiger partial charge is 0.504 e. The van der Waals surface area contributed by atoms with Crippen molar-refractivity contribution in [2.24, 2.45) is 4.99 Å². The van der Waals surface area contributed by atoms with Gasteiger partial charge in [0, 0.05) is 21.6 Å². The van der Waals surface area contributed by atoms with E-state index in [1.54, 1.807) is 12.3 Å². The van der Waals surface area contributed by atoms with Gasteiger partial charge in [-0.3, -0.25) is 4.99 Å². The molecule has 30 heavy (non-hydrogen) atoms. The second-order valence-corrected chi connectivity index (χ2v) is 8.19. The number of ether oxygens (including phenoxy) is 1. The molecule has 0 bridgehead atoms. The first-order chi connectivity index (χ1) is 14.5. The van der Waals surface area contributed by atoms with E-state index in [4.69, 9.17) is 9.15 Å². The van der Waals surface area contributed by atoms with Crippen molar-refractivity contribution in [2.75, 3.05) is 6.61 Å². The summed E-state index contributed by atoms with van der Waals surface area (Å²) in [5.74, 6) is 1.08. The lowest BCUT2D eigenvalue weighted by Gasteiger charge is -2.11. The summed E-state index contributed by atoms with van der Waals surface area (Å²) in [6.45, 7) is 2.31. The fourth-order valence-electron chi connectivity index (χ4n) is 3.02. The van der Waals surface area contributed by atoms with Gasteiger partial charge < -0.3 is 14.3 Å². The topological polar surface area (TPSA) is 67.9 Å². The molecule has 0 fully saturated rings. The van der Waals surface area contributed by atoms with Gasteiger partial charge in [0.25, 0.3) is 0 Å². The molecule has 5 nitrogen and oxygen atoms in total. The lowest BCUT2D eigenvalue weighted by molar-refractivity contribution is 0.317. The third-order valence-corrected chi connectivity index (χ3v) is 6.46. The second kappa shape index (κ2) is 9.02. The van der Waals surface area contributed by atoms with Crippen LogP contribution in [0.4, 0.5) is 5.69 Å². The zero-order chi connectivity index (χ0) is 21.1. The van der Waals surface area contributed by atoms with Gasteiger partial charge in [-0.05, 0) is 68.6 Å². The van der Waals surface area contributed by atoms with Crippen LogP contribution >= 0.6 is 31.9 Å². The minimum Gasteiger partial charge on any atom is -0.504 e. The number of phenolic OH excluding ortho intramolecular Hbond substituents is 1. The van der Waals surface area contributed by atoms with E-state index in [1.165, 1.54) is 0 Å². The van der Waals surface area contributed by atoms with Crippen LogP contribution in [-0.4, -0.2) is 22.9 Å². The summed E-state index contributed by atoms with van der Waals surface area (Å²) in [6.07, 6.45) is 2.23. The van der Waals surface area contributed by atoms with Crippen LogP contribution in [-0.2, 0) is 6.42 Å². The second-order valence-electron chi connectivity index (χ2n) is 6.55. The average Bonchev–Trinajstić information content (AvgIpc) is 3.14. The van der Waals surface area contributed by atoms with Crippen LogP contribution in [0.3, 0.4) is 0 Å². The average molecular weight is 530 g/mol. The molecule has 4 aromatic rings. The number of phenols is 1. The molecule has 0 aliphatic rings. The van der Waals surface area contributed by atoms with E-state index in [0.717, 1.165) is 15.6 Å². The molecule has 152 valence electrons. The minimum atomic E-state index is 0.0309. The van der Waals surface area contributed by atoms with Gasteiger partial charge in [-0.25, -0.2) is 4.98 Å². The van der Waals surface area contributed by atoms with Crippen molar-refractivity contribution in [3.63, 3.8) is 0 Å². The molecule has 0 amide bonds. The predicted molar refractivity (Wildman–Crippen MR) is 125 cm³/mol. The van der Waals surface area contributed by atoms with Crippen LogP contribution in [0.1, 0.15) is 23.9 Å². The lowest BCUT2D eigenvalue weighted by atomic mass is 10.1. The molecule has 0 aliphatic heterocycles. The highest BCUT2D eigenvalue weighted by atomic mass is 79.9. The third kappa shape index (κ3) is 4.42. The van der Waals surface area contributed by atoms with Crippen LogP contribution in [0.25, 0.3) is 11.1 Å². The normalized spacial score (nSPS) is 11.4. The van der Waals surface area contributed by atoms with E-state index in [1.807, 2.05) is 55.5 Å². The predicted octanol–water partition coefficient (Wildman–Crippen LogP) is 6.80. The number of aliphatic imine (C=N–C) groups is 1. The molecular weight excluding hydrogens is 512 g/mol. The molecule has 0 radical (unpaired) electrons. The van der Waals surface area contributed by atoms with E-state index in [9.17, 15) is 5.11 Å². The number of rotatable bonds is 6. The molecule has 1 heterocycles. The Morgan fingerprint density at radius 1 is 1.13 bits per heavy atom. The number of benzene rings is 3. The maximum atomic E-state index is 10.5. The van der Waals surface area contributed by atoms with Crippen molar-refractivity contribution in [3.05, 3.63) is 80.6 Å². The van der Waals surface area contributed by atoms with E-state index in [0.29, 0.717) is 46.0 Å². The van der Waals surface area contributed by atoms with Crippen molar-refractivity contribution in [1.82, 2.24) is 4.98 Å². The number of halogens is 2. The van der Waals surface area contributed by atoms with Gasteiger partial charge in [0.15, 0.2) is 23.0 Å². The van der Waals surface area contributed by atoms with Gasteiger partial charge in [-0.2, -0.15) is 0 Å². The van der Waals surface area contributed by atoms with Gasteiger partial charge in [0.05, 0.1) is 17.9 Å². The molecule has 1 N–H and O–H groups in total. The third-order valence-electron chi connectivity index (χ3n) is 4.45. The highest BCUT2D eigenvalue weighted by molar-refractivity contribution is 9.13. The highest BCUT2D eigenvalue weighted by Crippen LogP contribution is 2.40. The summed E-state index contributed by atoms with van der Waals surface area (Å²) < 4.78 is 12.8. The number of aromatic hydroxyl groups is 1. The Morgan fingerprint density at radius 2 is 1.93 bits per heavy atom. The van der Waals surface area contributed by atoms with E-state index in [2.05, 4.69) is 41.8 Å². The van der Waals surface area contributed by atoms with Crippen molar-refractivity contribution in [1.29, 1.82) is 0 Å². The summed E-state index contributed by atoms with van der Waals surface area (Å²) in [5, 5.41) is 10.5.